The number of aromatic nitrogens is 3. The molecule has 0 amide bonds. The largest absolute Gasteiger partial charge is 0.384 e. The Hall–Kier alpha value is -2.09. The first-order chi connectivity index (χ1) is 12.3. The summed E-state index contributed by atoms with van der Waals surface area (Å²) in [5, 5.41) is 2.78. The number of hydrogen-bond acceptors (Lipinski definition) is 6. The Bertz CT molecular complexity index is 911. The van der Waals surface area contributed by atoms with Gasteiger partial charge in [-0.1, -0.05) is 20.8 Å². The number of anilines is 2. The van der Waals surface area contributed by atoms with Crippen molar-refractivity contribution in [2.24, 2.45) is 18.9 Å². The molecule has 0 saturated carbocycles. The fraction of sp³-hybridized carbons (Fsp3) is 0.611. The molecule has 1 aliphatic rings. The number of nitrogens with two attached hydrogens (primary N) is 1. The van der Waals surface area contributed by atoms with Gasteiger partial charge in [0.05, 0.1) is 5.69 Å². The molecule has 7 nitrogen and oxygen atoms in total. The average molecular weight is 378 g/mol. The molecule has 1 saturated heterocycles. The van der Waals surface area contributed by atoms with Crippen molar-refractivity contribution >= 4 is 22.3 Å². The van der Waals surface area contributed by atoms with Gasteiger partial charge in [0, 0.05) is 32.1 Å². The molecular weight excluding hydrogens is 350 g/mol. The van der Waals surface area contributed by atoms with Crippen molar-refractivity contribution in [1.29, 1.82) is 0 Å². The summed E-state index contributed by atoms with van der Waals surface area (Å²) in [4.78, 5) is 32.1. The zero-order valence-electron chi connectivity index (χ0n) is 15.9. The highest BCUT2D eigenvalue weighted by Crippen LogP contribution is 2.30. The lowest BCUT2D eigenvalue weighted by molar-refractivity contribution is 0.446. The van der Waals surface area contributed by atoms with Gasteiger partial charge in [-0.3, -0.25) is 13.9 Å². The van der Waals surface area contributed by atoms with E-state index in [1.165, 1.54) is 29.4 Å². The zero-order valence-corrected chi connectivity index (χ0v) is 16.7. The van der Waals surface area contributed by atoms with E-state index in [0.29, 0.717) is 23.7 Å². The van der Waals surface area contributed by atoms with Crippen molar-refractivity contribution in [3.05, 3.63) is 26.2 Å². The lowest BCUT2D eigenvalue weighted by atomic mass is 10.0. The van der Waals surface area contributed by atoms with E-state index in [2.05, 4.69) is 16.8 Å². The highest BCUT2D eigenvalue weighted by atomic mass is 32.1. The van der Waals surface area contributed by atoms with E-state index in [-0.39, 0.29) is 17.4 Å². The first kappa shape index (κ1) is 18.7. The SMILES string of the molecule is CC(C)Cn1c(N)c(-c2csc(N3CCCC(C)C3)n2)c(=O)n(C)c1=O. The van der Waals surface area contributed by atoms with Crippen LogP contribution in [0.1, 0.15) is 33.6 Å². The third-order valence-electron chi connectivity index (χ3n) is 4.81. The van der Waals surface area contributed by atoms with Gasteiger partial charge >= 0.3 is 5.69 Å². The van der Waals surface area contributed by atoms with Crippen LogP contribution < -0.4 is 21.9 Å². The molecule has 26 heavy (non-hydrogen) atoms. The molecule has 0 spiro atoms. The normalized spacial score (nSPS) is 17.9. The second-order valence-corrected chi connectivity index (χ2v) is 8.46. The topological polar surface area (TPSA) is 86.2 Å². The summed E-state index contributed by atoms with van der Waals surface area (Å²) in [5.41, 5.74) is 6.34. The standard InChI is InChI=1S/C18H27N5O2S/c1-11(2)8-23-15(19)14(16(24)21(4)18(23)25)13-10-26-17(20-13)22-7-5-6-12(3)9-22/h10-12H,5-9,19H2,1-4H3. The van der Waals surface area contributed by atoms with E-state index >= 15 is 0 Å². The predicted octanol–water partition coefficient (Wildman–Crippen LogP) is 2.15. The van der Waals surface area contributed by atoms with Crippen molar-refractivity contribution in [2.75, 3.05) is 23.7 Å². The third kappa shape index (κ3) is 3.42. The number of thiazole rings is 1. The van der Waals surface area contributed by atoms with Crippen LogP contribution in [0.3, 0.4) is 0 Å². The first-order valence-electron chi connectivity index (χ1n) is 9.09. The molecule has 1 unspecified atom stereocenters. The molecule has 0 aliphatic carbocycles. The summed E-state index contributed by atoms with van der Waals surface area (Å²) in [6.07, 6.45) is 2.39. The maximum Gasteiger partial charge on any atom is 0.332 e. The molecule has 0 aromatic carbocycles. The molecule has 2 aromatic heterocycles. The highest BCUT2D eigenvalue weighted by Gasteiger charge is 2.23. The van der Waals surface area contributed by atoms with Gasteiger partial charge < -0.3 is 10.6 Å². The number of piperidine rings is 1. The second-order valence-electron chi connectivity index (χ2n) is 7.62. The lowest BCUT2D eigenvalue weighted by Gasteiger charge is -2.30. The van der Waals surface area contributed by atoms with Crippen molar-refractivity contribution in [2.45, 2.75) is 40.2 Å². The van der Waals surface area contributed by atoms with E-state index in [0.717, 1.165) is 29.2 Å². The summed E-state index contributed by atoms with van der Waals surface area (Å²) < 4.78 is 2.60. The van der Waals surface area contributed by atoms with Gasteiger partial charge in [0.15, 0.2) is 5.13 Å². The van der Waals surface area contributed by atoms with E-state index in [1.54, 1.807) is 0 Å². The van der Waals surface area contributed by atoms with Gasteiger partial charge in [0.25, 0.3) is 5.56 Å². The Morgan fingerprint density at radius 3 is 2.77 bits per heavy atom. The Kier molecular flexibility index (Phi) is 5.22. The molecule has 8 heteroatoms. The molecule has 2 aromatic rings. The molecule has 0 radical (unpaired) electrons. The molecule has 1 aliphatic heterocycles. The number of nitrogens with zero attached hydrogens (tertiary/aromatic N) is 4. The lowest BCUT2D eigenvalue weighted by Crippen LogP contribution is -2.41. The Morgan fingerprint density at radius 2 is 2.12 bits per heavy atom. The van der Waals surface area contributed by atoms with Gasteiger partial charge in [-0.2, -0.15) is 0 Å². The zero-order chi connectivity index (χ0) is 19.0. The highest BCUT2D eigenvalue weighted by molar-refractivity contribution is 7.14. The van der Waals surface area contributed by atoms with Crippen LogP contribution in [0.4, 0.5) is 10.9 Å². The van der Waals surface area contributed by atoms with Gasteiger partial charge in [-0.05, 0) is 24.7 Å². The van der Waals surface area contributed by atoms with Crippen LogP contribution in [0.25, 0.3) is 11.3 Å². The first-order valence-corrected chi connectivity index (χ1v) is 9.97. The monoisotopic (exact) mass is 377 g/mol. The van der Waals surface area contributed by atoms with E-state index in [4.69, 9.17) is 5.73 Å². The minimum Gasteiger partial charge on any atom is -0.384 e. The molecular formula is C18H27N5O2S. The fourth-order valence-electron chi connectivity index (χ4n) is 3.45. The molecule has 1 fully saturated rings. The van der Waals surface area contributed by atoms with Crippen molar-refractivity contribution < 1.29 is 0 Å². The number of nitrogen functional groups attached to an aromatic ring is 1. The minimum absolute atomic E-state index is 0.204. The maximum absolute atomic E-state index is 12.7. The fourth-order valence-corrected chi connectivity index (χ4v) is 4.31. The van der Waals surface area contributed by atoms with Crippen LogP contribution in [-0.2, 0) is 13.6 Å². The Morgan fingerprint density at radius 1 is 1.38 bits per heavy atom. The van der Waals surface area contributed by atoms with Crippen LogP contribution in [0.5, 0.6) is 0 Å². The molecule has 1 atom stereocenters. The van der Waals surface area contributed by atoms with Gasteiger partial charge in [0.1, 0.15) is 11.4 Å². The van der Waals surface area contributed by atoms with Crippen molar-refractivity contribution in [1.82, 2.24) is 14.1 Å². The van der Waals surface area contributed by atoms with Gasteiger partial charge in [-0.15, -0.1) is 11.3 Å². The smallest absolute Gasteiger partial charge is 0.332 e. The summed E-state index contributed by atoms with van der Waals surface area (Å²) >= 11 is 1.52. The van der Waals surface area contributed by atoms with Crippen LogP contribution >= 0.6 is 11.3 Å². The second kappa shape index (κ2) is 7.26. The van der Waals surface area contributed by atoms with Crippen molar-refractivity contribution in [3.8, 4) is 11.3 Å². The average Bonchev–Trinajstić information content (AvgIpc) is 3.06. The van der Waals surface area contributed by atoms with Crippen LogP contribution in [0.15, 0.2) is 15.0 Å². The van der Waals surface area contributed by atoms with Crippen LogP contribution in [-0.4, -0.2) is 27.2 Å². The molecule has 3 rings (SSSR count). The third-order valence-corrected chi connectivity index (χ3v) is 5.71. The summed E-state index contributed by atoms with van der Waals surface area (Å²) in [5.74, 6) is 1.08. The number of hydrogen-bond donors (Lipinski definition) is 1. The Balaban J connectivity index is 2.06. The Labute approximate surface area is 157 Å². The molecule has 142 valence electrons. The molecule has 0 bridgehead atoms. The quantitative estimate of drug-likeness (QED) is 0.882. The van der Waals surface area contributed by atoms with Gasteiger partial charge in [0.2, 0.25) is 0 Å². The predicted molar refractivity (Wildman–Crippen MR) is 107 cm³/mol. The summed E-state index contributed by atoms with van der Waals surface area (Å²) in [6.45, 7) is 8.69. The van der Waals surface area contributed by atoms with Crippen LogP contribution in [0, 0.1) is 11.8 Å². The van der Waals surface area contributed by atoms with Crippen LogP contribution in [0.2, 0.25) is 0 Å². The maximum atomic E-state index is 12.7. The van der Waals surface area contributed by atoms with E-state index in [1.807, 2.05) is 19.2 Å². The van der Waals surface area contributed by atoms with Crippen molar-refractivity contribution in [3.63, 3.8) is 0 Å². The molecule has 3 heterocycles. The van der Waals surface area contributed by atoms with Gasteiger partial charge in [-0.25, -0.2) is 9.78 Å². The number of rotatable bonds is 4. The minimum atomic E-state index is -0.392. The van der Waals surface area contributed by atoms with E-state index < -0.39 is 5.56 Å². The van der Waals surface area contributed by atoms with E-state index in [9.17, 15) is 9.59 Å². The summed E-state index contributed by atoms with van der Waals surface area (Å²) in [7, 11) is 1.49. The molecule has 2 N–H and O–H groups in total. The summed E-state index contributed by atoms with van der Waals surface area (Å²) in [6, 6.07) is 0.